The summed E-state index contributed by atoms with van der Waals surface area (Å²) in [4.78, 5) is 12.1. The summed E-state index contributed by atoms with van der Waals surface area (Å²) in [5, 5.41) is 0. The zero-order valence-corrected chi connectivity index (χ0v) is 12.1. The summed E-state index contributed by atoms with van der Waals surface area (Å²) in [5.41, 5.74) is 3.75. The summed E-state index contributed by atoms with van der Waals surface area (Å²) in [7, 11) is 3.30. The van der Waals surface area contributed by atoms with Gasteiger partial charge in [-0.3, -0.25) is 4.79 Å². The lowest BCUT2D eigenvalue weighted by Crippen LogP contribution is -2.09. The predicted octanol–water partition coefficient (Wildman–Crippen LogP) is 3.58. The lowest BCUT2D eigenvalue weighted by atomic mass is 9.87. The number of hydrogen-bond acceptors (Lipinski definition) is 3. The number of ether oxygens (including phenoxy) is 2. The van der Waals surface area contributed by atoms with Crippen LogP contribution < -0.4 is 9.47 Å². The molecule has 2 bridgehead atoms. The molecular formula is C17H20O3. The van der Waals surface area contributed by atoms with Crippen LogP contribution in [0.5, 0.6) is 11.5 Å². The first-order valence-electron chi connectivity index (χ1n) is 7.06. The molecule has 3 heteroatoms. The third-order valence-electron chi connectivity index (χ3n) is 4.49. The van der Waals surface area contributed by atoms with Gasteiger partial charge in [0.15, 0.2) is 11.5 Å². The van der Waals surface area contributed by atoms with E-state index in [-0.39, 0.29) is 11.8 Å². The highest BCUT2D eigenvalue weighted by molar-refractivity contribution is 5.82. The molecule has 1 aromatic rings. The van der Waals surface area contributed by atoms with Crippen molar-refractivity contribution in [3.05, 3.63) is 35.4 Å². The summed E-state index contributed by atoms with van der Waals surface area (Å²) in [6, 6.07) is 4.12. The molecule has 0 fully saturated rings. The fourth-order valence-corrected chi connectivity index (χ4v) is 3.61. The van der Waals surface area contributed by atoms with Crippen molar-refractivity contribution >= 4 is 5.78 Å². The quantitative estimate of drug-likeness (QED) is 0.772. The first-order chi connectivity index (χ1) is 9.62. The minimum absolute atomic E-state index is 0.248. The van der Waals surface area contributed by atoms with Crippen LogP contribution in [-0.2, 0) is 4.79 Å². The van der Waals surface area contributed by atoms with Crippen molar-refractivity contribution in [2.24, 2.45) is 0 Å². The van der Waals surface area contributed by atoms with E-state index in [2.05, 4.69) is 18.7 Å². The van der Waals surface area contributed by atoms with E-state index in [0.717, 1.165) is 24.3 Å². The van der Waals surface area contributed by atoms with Gasteiger partial charge in [0.2, 0.25) is 0 Å². The molecule has 0 spiro atoms. The summed E-state index contributed by atoms with van der Waals surface area (Å²) >= 11 is 0. The molecular weight excluding hydrogens is 252 g/mol. The van der Waals surface area contributed by atoms with Crippen molar-refractivity contribution in [3.8, 4) is 11.5 Å². The van der Waals surface area contributed by atoms with E-state index in [9.17, 15) is 4.79 Å². The van der Waals surface area contributed by atoms with E-state index < -0.39 is 0 Å². The number of hydrogen-bond donors (Lipinski definition) is 0. The van der Waals surface area contributed by atoms with E-state index >= 15 is 0 Å². The van der Waals surface area contributed by atoms with E-state index in [1.165, 1.54) is 16.7 Å². The van der Waals surface area contributed by atoms with Crippen LogP contribution in [0.25, 0.3) is 0 Å². The second-order valence-electron chi connectivity index (χ2n) is 5.84. The van der Waals surface area contributed by atoms with Crippen LogP contribution in [0.15, 0.2) is 24.3 Å². The van der Waals surface area contributed by atoms with Crippen molar-refractivity contribution in [1.82, 2.24) is 0 Å². The number of Topliss-reactive ketones (excluding diaryl/α,β-unsaturated/α-hetero) is 1. The third kappa shape index (κ3) is 2.11. The average Bonchev–Trinajstić information content (AvgIpc) is 2.61. The van der Waals surface area contributed by atoms with Gasteiger partial charge in [-0.25, -0.2) is 0 Å². The Balaban J connectivity index is 2.18. The maximum atomic E-state index is 12.1. The zero-order valence-electron chi connectivity index (χ0n) is 12.1. The molecule has 0 heterocycles. The normalized spacial score (nSPS) is 24.9. The van der Waals surface area contributed by atoms with Gasteiger partial charge in [-0.15, -0.1) is 0 Å². The Morgan fingerprint density at radius 1 is 0.950 bits per heavy atom. The number of rotatable bonds is 2. The number of carbonyl (C=O) groups is 1. The second kappa shape index (κ2) is 4.97. The summed E-state index contributed by atoms with van der Waals surface area (Å²) in [5.74, 6) is 2.35. The molecule has 3 rings (SSSR count). The van der Waals surface area contributed by atoms with Gasteiger partial charge in [0.25, 0.3) is 0 Å². The van der Waals surface area contributed by atoms with E-state index in [0.29, 0.717) is 18.6 Å². The molecule has 106 valence electrons. The molecule has 0 aromatic heterocycles. The topological polar surface area (TPSA) is 35.5 Å². The Labute approximate surface area is 119 Å². The highest BCUT2D eigenvalue weighted by atomic mass is 16.5. The van der Waals surface area contributed by atoms with Gasteiger partial charge in [0, 0.05) is 12.8 Å². The van der Waals surface area contributed by atoms with Crippen molar-refractivity contribution in [2.75, 3.05) is 14.2 Å². The fourth-order valence-electron chi connectivity index (χ4n) is 3.61. The molecule has 0 saturated heterocycles. The van der Waals surface area contributed by atoms with Crippen LogP contribution in [0, 0.1) is 0 Å². The minimum atomic E-state index is 0.248. The van der Waals surface area contributed by atoms with Crippen molar-refractivity contribution < 1.29 is 14.3 Å². The highest BCUT2D eigenvalue weighted by Gasteiger charge is 2.34. The smallest absolute Gasteiger partial charge is 0.161 e. The molecule has 2 unspecified atom stereocenters. The van der Waals surface area contributed by atoms with Crippen LogP contribution in [-0.4, -0.2) is 20.0 Å². The molecule has 0 N–H and O–H groups in total. The molecule has 0 radical (unpaired) electrons. The standard InChI is InChI=1S/C17H20O3/c1-10-4-11-6-13(18)7-12(5-10)15-9-17(20-3)16(19-2)8-14(11)15/h8-9,11-12H,1,4-7H2,2-3H3. The molecule has 0 amide bonds. The third-order valence-corrected chi connectivity index (χ3v) is 4.49. The molecule has 2 aliphatic carbocycles. The fraction of sp³-hybridized carbons (Fsp3) is 0.471. The average molecular weight is 272 g/mol. The molecule has 0 aliphatic heterocycles. The molecule has 2 aliphatic rings. The Bertz CT molecular complexity index is 507. The summed E-state index contributed by atoms with van der Waals surface area (Å²) < 4.78 is 10.8. The van der Waals surface area contributed by atoms with Crippen LogP contribution >= 0.6 is 0 Å². The lowest BCUT2D eigenvalue weighted by Gasteiger charge is -2.18. The van der Waals surface area contributed by atoms with Crippen molar-refractivity contribution in [1.29, 1.82) is 0 Å². The van der Waals surface area contributed by atoms with E-state index in [4.69, 9.17) is 9.47 Å². The maximum absolute atomic E-state index is 12.1. The second-order valence-corrected chi connectivity index (χ2v) is 5.84. The first-order valence-corrected chi connectivity index (χ1v) is 7.06. The Morgan fingerprint density at radius 2 is 1.40 bits per heavy atom. The number of allylic oxidation sites excluding steroid dienone is 1. The Kier molecular flexibility index (Phi) is 3.28. The minimum Gasteiger partial charge on any atom is -0.493 e. The van der Waals surface area contributed by atoms with Gasteiger partial charge >= 0.3 is 0 Å². The van der Waals surface area contributed by atoms with Crippen LogP contribution in [0.2, 0.25) is 0 Å². The summed E-state index contributed by atoms with van der Waals surface area (Å²) in [6.07, 6.45) is 3.06. The summed E-state index contributed by atoms with van der Waals surface area (Å²) in [6.45, 7) is 4.18. The van der Waals surface area contributed by atoms with Gasteiger partial charge in [-0.1, -0.05) is 12.2 Å². The molecule has 3 nitrogen and oxygen atoms in total. The number of benzene rings is 1. The highest BCUT2D eigenvalue weighted by Crippen LogP contribution is 2.48. The van der Waals surface area contributed by atoms with Crippen molar-refractivity contribution in [2.45, 2.75) is 37.5 Å². The number of carbonyl (C=O) groups excluding carboxylic acids is 1. The Hall–Kier alpha value is -1.77. The van der Waals surface area contributed by atoms with Gasteiger partial charge in [-0.2, -0.15) is 0 Å². The van der Waals surface area contributed by atoms with E-state index in [1.807, 2.05) is 0 Å². The lowest BCUT2D eigenvalue weighted by molar-refractivity contribution is -0.119. The zero-order chi connectivity index (χ0) is 14.3. The number of methoxy groups -OCH3 is 2. The van der Waals surface area contributed by atoms with Gasteiger partial charge in [0.05, 0.1) is 14.2 Å². The SMILES string of the molecule is C=C1CC2CC(=O)CC(C1)c1cc(OC)c(OC)cc12. The van der Waals surface area contributed by atoms with Gasteiger partial charge in [0.1, 0.15) is 5.78 Å². The van der Waals surface area contributed by atoms with Gasteiger partial charge < -0.3 is 9.47 Å². The van der Waals surface area contributed by atoms with Crippen molar-refractivity contribution in [3.63, 3.8) is 0 Å². The molecule has 1 aromatic carbocycles. The maximum Gasteiger partial charge on any atom is 0.161 e. The van der Waals surface area contributed by atoms with Gasteiger partial charge in [-0.05, 0) is 47.9 Å². The Morgan fingerprint density at radius 3 is 1.80 bits per heavy atom. The largest absolute Gasteiger partial charge is 0.493 e. The number of ketones is 1. The van der Waals surface area contributed by atoms with Crippen LogP contribution in [0.4, 0.5) is 0 Å². The predicted molar refractivity (Wildman–Crippen MR) is 77.6 cm³/mol. The first kappa shape index (κ1) is 13.2. The van der Waals surface area contributed by atoms with E-state index in [1.54, 1.807) is 14.2 Å². The molecule has 2 atom stereocenters. The molecule has 20 heavy (non-hydrogen) atoms. The monoisotopic (exact) mass is 272 g/mol. The molecule has 0 saturated carbocycles. The van der Waals surface area contributed by atoms with Crippen LogP contribution in [0.1, 0.15) is 48.6 Å². The van der Waals surface area contributed by atoms with Crippen LogP contribution in [0.3, 0.4) is 0 Å².